The van der Waals surface area contributed by atoms with Gasteiger partial charge >= 0.3 is 146 Å². The van der Waals surface area contributed by atoms with Crippen molar-refractivity contribution in [1.29, 1.82) is 0 Å². The number of phenols is 1. The van der Waals surface area contributed by atoms with Crippen molar-refractivity contribution in [3.05, 3.63) is 47.5 Å². The molecule has 2 rings (SSSR count). The number of amides is 1. The van der Waals surface area contributed by atoms with E-state index in [0.717, 1.165) is 12.1 Å². The molecule has 0 bridgehead atoms. The molecule has 0 aliphatic heterocycles. The molecule has 24 heavy (non-hydrogen) atoms. The summed E-state index contributed by atoms with van der Waals surface area (Å²) < 4.78 is 27.6. The standard InChI is InChI=1S/C14H14AsBClNO6/c1-9(19)18-14-8-12(20)5-6-13(14)15(21,22)24-16(23)10-3-2-4-11(17)7-10/h2-8,20,23H,1H3,(H,18,19)(H,21,22). The van der Waals surface area contributed by atoms with Crippen molar-refractivity contribution >= 4 is 54.3 Å². The Morgan fingerprint density at radius 1 is 1.29 bits per heavy atom. The summed E-state index contributed by atoms with van der Waals surface area (Å²) >= 11 is 0.569. The molecule has 0 saturated carbocycles. The molecule has 0 aromatic heterocycles. The molecule has 0 spiro atoms. The van der Waals surface area contributed by atoms with Crippen molar-refractivity contribution in [2.75, 3.05) is 5.32 Å². The number of rotatable bonds is 5. The molecule has 2 aromatic carbocycles. The van der Waals surface area contributed by atoms with Crippen molar-refractivity contribution < 1.29 is 26.4 Å². The topological polar surface area (TPSA) is 116 Å². The van der Waals surface area contributed by atoms with Gasteiger partial charge in [0.15, 0.2) is 0 Å². The fourth-order valence-electron chi connectivity index (χ4n) is 1.97. The summed E-state index contributed by atoms with van der Waals surface area (Å²) in [6, 6.07) is 9.48. The van der Waals surface area contributed by atoms with E-state index >= 15 is 0 Å². The average molecular weight is 413 g/mol. The van der Waals surface area contributed by atoms with E-state index in [1.165, 1.54) is 25.1 Å². The summed E-state index contributed by atoms with van der Waals surface area (Å²) in [7, 11) is -1.68. The van der Waals surface area contributed by atoms with Crippen molar-refractivity contribution in [1.82, 2.24) is 0 Å². The minimum atomic E-state index is -5.24. The van der Waals surface area contributed by atoms with Gasteiger partial charge in [-0.05, 0) is 0 Å². The summed E-state index contributed by atoms with van der Waals surface area (Å²) in [6.45, 7) is 1.21. The summed E-state index contributed by atoms with van der Waals surface area (Å²) in [5.41, 5.74) is 0.142. The number of hydrogen-bond acceptors (Lipinski definition) is 5. The molecule has 1 atom stereocenters. The molecule has 0 saturated heterocycles. The average Bonchev–Trinajstić information content (AvgIpc) is 2.45. The first kappa shape index (κ1) is 18.6. The summed E-state index contributed by atoms with van der Waals surface area (Å²) in [6.07, 6.45) is 0. The summed E-state index contributed by atoms with van der Waals surface area (Å²) in [4.78, 5) is 11.2. The first-order valence-electron chi connectivity index (χ1n) is 6.75. The first-order chi connectivity index (χ1) is 11.2. The molecule has 2 aromatic rings. The van der Waals surface area contributed by atoms with Gasteiger partial charge < -0.3 is 0 Å². The molecule has 0 fully saturated rings. The van der Waals surface area contributed by atoms with Gasteiger partial charge in [0.1, 0.15) is 0 Å². The van der Waals surface area contributed by atoms with Crippen LogP contribution in [0.1, 0.15) is 6.92 Å². The van der Waals surface area contributed by atoms with Crippen LogP contribution in [0.3, 0.4) is 0 Å². The summed E-state index contributed by atoms with van der Waals surface area (Å²) in [5.74, 6) is -0.693. The number of hydrogen-bond donors (Lipinski definition) is 4. The Hall–Kier alpha value is -1.70. The van der Waals surface area contributed by atoms with Crippen LogP contribution < -0.4 is 15.1 Å². The minimum absolute atomic E-state index is 0.0641. The maximum atomic E-state index is 12.6. The van der Waals surface area contributed by atoms with E-state index in [-0.39, 0.29) is 21.3 Å². The normalized spacial score (nSPS) is 13.2. The predicted octanol–water partition coefficient (Wildman–Crippen LogP) is -0.0230. The van der Waals surface area contributed by atoms with Gasteiger partial charge in [0.2, 0.25) is 0 Å². The number of carbonyl (C=O) groups is 1. The second-order valence-corrected chi connectivity index (χ2v) is 8.99. The van der Waals surface area contributed by atoms with Crippen LogP contribution in [-0.4, -0.2) is 41.4 Å². The van der Waals surface area contributed by atoms with E-state index in [2.05, 4.69) is 5.32 Å². The van der Waals surface area contributed by atoms with E-state index in [4.69, 9.17) is 15.2 Å². The van der Waals surface area contributed by atoms with Crippen LogP contribution in [0.15, 0.2) is 42.5 Å². The van der Waals surface area contributed by atoms with Crippen LogP contribution in [0, 0.1) is 0 Å². The van der Waals surface area contributed by atoms with Gasteiger partial charge in [-0.15, -0.1) is 0 Å². The van der Waals surface area contributed by atoms with E-state index < -0.39 is 27.2 Å². The molecule has 0 radical (unpaired) electrons. The molecule has 126 valence electrons. The number of phenolic OH excluding ortho intramolecular Hbond substituents is 1. The van der Waals surface area contributed by atoms with Crippen LogP contribution in [0.4, 0.5) is 5.69 Å². The zero-order chi connectivity index (χ0) is 17.9. The number of nitrogens with one attached hydrogen (secondary N) is 1. The van der Waals surface area contributed by atoms with Gasteiger partial charge in [-0.2, -0.15) is 0 Å². The van der Waals surface area contributed by atoms with Gasteiger partial charge in [0.25, 0.3) is 0 Å². The van der Waals surface area contributed by atoms with Crippen molar-refractivity contribution in [2.24, 2.45) is 0 Å². The van der Waals surface area contributed by atoms with Crippen LogP contribution in [0.2, 0.25) is 5.02 Å². The maximum absolute atomic E-state index is 12.6. The second kappa shape index (κ2) is 7.46. The third-order valence-electron chi connectivity index (χ3n) is 2.97. The Bertz CT molecular complexity index is 818. The molecule has 1 unspecified atom stereocenters. The third kappa shape index (κ3) is 4.66. The SMILES string of the molecule is CC(=O)Nc1cc(O)ccc1[As](=O)(O)OB(O)c1cccc(Cl)c1. The fraction of sp³-hybridized carbons (Fsp3) is 0.0714. The first-order valence-corrected chi connectivity index (χ1v) is 10.4. The van der Waals surface area contributed by atoms with Gasteiger partial charge in [0.05, 0.1) is 0 Å². The monoisotopic (exact) mass is 413 g/mol. The van der Waals surface area contributed by atoms with E-state index in [9.17, 15) is 22.8 Å². The molecule has 0 aliphatic carbocycles. The predicted molar refractivity (Wildman–Crippen MR) is 90.8 cm³/mol. The van der Waals surface area contributed by atoms with Gasteiger partial charge in [0, 0.05) is 0 Å². The van der Waals surface area contributed by atoms with Crippen molar-refractivity contribution in [2.45, 2.75) is 6.92 Å². The van der Waals surface area contributed by atoms with Gasteiger partial charge in [-0.1, -0.05) is 0 Å². The quantitative estimate of drug-likeness (QED) is 0.512. The van der Waals surface area contributed by atoms with Crippen LogP contribution >= 0.6 is 11.6 Å². The summed E-state index contributed by atoms with van der Waals surface area (Å²) in [5, 5.41) is 22.2. The van der Waals surface area contributed by atoms with Gasteiger partial charge in [-0.25, -0.2) is 0 Å². The van der Waals surface area contributed by atoms with Gasteiger partial charge in [-0.3, -0.25) is 0 Å². The van der Waals surface area contributed by atoms with E-state index in [0.29, 0.717) is 5.02 Å². The molecule has 1 amide bonds. The Kier molecular flexibility index (Phi) is 5.80. The van der Waals surface area contributed by atoms with E-state index in [1.807, 2.05) is 0 Å². The Labute approximate surface area is 146 Å². The molecular formula is C14H14AsBClNO6. The molecule has 7 nitrogen and oxygen atoms in total. The zero-order valence-electron chi connectivity index (χ0n) is 12.5. The van der Waals surface area contributed by atoms with Crippen LogP contribution in [0.25, 0.3) is 0 Å². The molecule has 10 heteroatoms. The van der Waals surface area contributed by atoms with Crippen molar-refractivity contribution in [3.63, 3.8) is 0 Å². The number of benzene rings is 2. The molecule has 0 heterocycles. The zero-order valence-corrected chi connectivity index (χ0v) is 15.1. The third-order valence-corrected chi connectivity index (χ3v) is 6.32. The van der Waals surface area contributed by atoms with Crippen LogP contribution in [-0.2, 0) is 12.2 Å². The Morgan fingerprint density at radius 2 is 2.00 bits per heavy atom. The van der Waals surface area contributed by atoms with Crippen LogP contribution in [0.5, 0.6) is 5.75 Å². The number of anilines is 1. The number of aromatic hydroxyl groups is 1. The van der Waals surface area contributed by atoms with E-state index in [1.54, 1.807) is 12.1 Å². The Balaban J connectivity index is 2.33. The molecular weight excluding hydrogens is 399 g/mol. The number of carbonyl (C=O) groups excluding carboxylic acids is 1. The fourth-order valence-corrected chi connectivity index (χ4v) is 4.68. The van der Waals surface area contributed by atoms with Crippen molar-refractivity contribution in [3.8, 4) is 5.75 Å². The second-order valence-electron chi connectivity index (χ2n) is 4.92. The molecule has 4 N–H and O–H groups in total. The number of halogens is 1. The Morgan fingerprint density at radius 3 is 2.62 bits per heavy atom. The molecule has 0 aliphatic rings.